The van der Waals surface area contributed by atoms with Crippen LogP contribution in [0.15, 0.2) is 18.2 Å². The van der Waals surface area contributed by atoms with Crippen LogP contribution in [0.4, 0.5) is 0 Å². The van der Waals surface area contributed by atoms with Crippen LogP contribution in [0, 0.1) is 0 Å². The predicted molar refractivity (Wildman–Crippen MR) is 65.9 cm³/mol. The highest BCUT2D eigenvalue weighted by Gasteiger charge is 2.18. The molecule has 0 saturated heterocycles. The van der Waals surface area contributed by atoms with Crippen LogP contribution in [-0.2, 0) is 0 Å². The molecule has 17 heavy (non-hydrogen) atoms. The summed E-state index contributed by atoms with van der Waals surface area (Å²) < 4.78 is 5.76. The van der Waals surface area contributed by atoms with E-state index >= 15 is 0 Å². The van der Waals surface area contributed by atoms with Crippen LogP contribution in [0.2, 0.25) is 5.02 Å². The van der Waals surface area contributed by atoms with Crippen molar-refractivity contribution in [3.63, 3.8) is 0 Å². The Labute approximate surface area is 105 Å². The topological polar surface area (TPSA) is 46.5 Å². The molecule has 0 amide bonds. The zero-order valence-electron chi connectivity index (χ0n) is 9.49. The van der Waals surface area contributed by atoms with Crippen molar-refractivity contribution < 1.29 is 14.6 Å². The van der Waals surface area contributed by atoms with Gasteiger partial charge in [-0.15, -0.1) is 0 Å². The smallest absolute Gasteiger partial charge is 0.339 e. The predicted octanol–water partition coefficient (Wildman–Crippen LogP) is 3.75. The molecule has 1 fully saturated rings. The maximum Gasteiger partial charge on any atom is 0.339 e. The zero-order chi connectivity index (χ0) is 12.3. The second-order valence-corrected chi connectivity index (χ2v) is 4.76. The first kappa shape index (κ1) is 12.2. The minimum atomic E-state index is -1.00. The number of rotatable bonds is 3. The number of ether oxygens (including phenoxy) is 1. The van der Waals surface area contributed by atoms with E-state index in [4.69, 9.17) is 21.4 Å². The molecule has 1 N–H and O–H groups in total. The van der Waals surface area contributed by atoms with Gasteiger partial charge in [0.25, 0.3) is 0 Å². The number of hydrogen-bond donors (Lipinski definition) is 1. The second kappa shape index (κ2) is 5.41. The van der Waals surface area contributed by atoms with Crippen LogP contribution < -0.4 is 4.74 Å². The van der Waals surface area contributed by atoms with Gasteiger partial charge in [-0.25, -0.2) is 4.79 Å². The summed E-state index contributed by atoms with van der Waals surface area (Å²) in [6.07, 6.45) is 5.69. The van der Waals surface area contributed by atoms with Gasteiger partial charge in [0.2, 0.25) is 0 Å². The van der Waals surface area contributed by atoms with E-state index in [2.05, 4.69) is 0 Å². The lowest BCUT2D eigenvalue weighted by atomic mass is 9.97. The summed E-state index contributed by atoms with van der Waals surface area (Å²) >= 11 is 5.78. The third-order valence-electron chi connectivity index (χ3n) is 3.02. The normalized spacial score (nSPS) is 16.8. The van der Waals surface area contributed by atoms with Crippen LogP contribution in [0.3, 0.4) is 0 Å². The second-order valence-electron chi connectivity index (χ2n) is 4.32. The average molecular weight is 255 g/mol. The molecular formula is C13H15ClO3. The van der Waals surface area contributed by atoms with Crippen molar-refractivity contribution in [3.8, 4) is 5.75 Å². The van der Waals surface area contributed by atoms with Crippen molar-refractivity contribution in [1.82, 2.24) is 0 Å². The number of hydrogen-bond acceptors (Lipinski definition) is 2. The molecule has 0 atom stereocenters. The number of benzene rings is 1. The van der Waals surface area contributed by atoms with Crippen molar-refractivity contribution in [1.29, 1.82) is 0 Å². The van der Waals surface area contributed by atoms with E-state index in [1.54, 1.807) is 12.1 Å². The Balaban J connectivity index is 2.16. The molecule has 1 aliphatic carbocycles. The summed E-state index contributed by atoms with van der Waals surface area (Å²) in [6, 6.07) is 4.73. The maximum atomic E-state index is 11.1. The Bertz CT molecular complexity index is 411. The lowest BCUT2D eigenvalue weighted by molar-refractivity contribution is 0.0686. The fourth-order valence-electron chi connectivity index (χ4n) is 2.13. The molecular weight excluding hydrogens is 240 g/mol. The van der Waals surface area contributed by atoms with E-state index in [0.29, 0.717) is 10.8 Å². The van der Waals surface area contributed by atoms with Crippen LogP contribution in [0.1, 0.15) is 42.5 Å². The van der Waals surface area contributed by atoms with Crippen LogP contribution in [0.5, 0.6) is 5.75 Å². The molecule has 1 aromatic carbocycles. The van der Waals surface area contributed by atoms with Gasteiger partial charge in [0, 0.05) is 5.02 Å². The Morgan fingerprint density at radius 3 is 2.65 bits per heavy atom. The third-order valence-corrected chi connectivity index (χ3v) is 3.25. The molecule has 0 unspecified atom stereocenters. The first-order chi connectivity index (χ1) is 8.16. The highest BCUT2D eigenvalue weighted by atomic mass is 35.5. The van der Waals surface area contributed by atoms with Crippen molar-refractivity contribution in [3.05, 3.63) is 28.8 Å². The molecule has 4 heteroatoms. The zero-order valence-corrected chi connectivity index (χ0v) is 10.2. The third kappa shape index (κ3) is 3.13. The minimum Gasteiger partial charge on any atom is -0.490 e. The van der Waals surface area contributed by atoms with Crippen LogP contribution in [-0.4, -0.2) is 17.2 Å². The van der Waals surface area contributed by atoms with Gasteiger partial charge >= 0.3 is 5.97 Å². The molecule has 1 saturated carbocycles. The molecule has 1 aliphatic rings. The quantitative estimate of drug-likeness (QED) is 0.894. The lowest BCUT2D eigenvalue weighted by Crippen LogP contribution is -2.20. The van der Waals surface area contributed by atoms with Gasteiger partial charge in [-0.3, -0.25) is 0 Å². The van der Waals surface area contributed by atoms with E-state index in [1.807, 2.05) is 0 Å². The van der Waals surface area contributed by atoms with Crippen molar-refractivity contribution in [2.24, 2.45) is 0 Å². The molecule has 0 spiro atoms. The lowest BCUT2D eigenvalue weighted by Gasteiger charge is -2.23. The Morgan fingerprint density at radius 2 is 2.00 bits per heavy atom. The minimum absolute atomic E-state index is 0.142. The van der Waals surface area contributed by atoms with E-state index in [0.717, 1.165) is 25.7 Å². The SMILES string of the molecule is O=C(O)c1cc(Cl)ccc1OC1CCCCC1. The number of carbonyl (C=O) groups is 1. The molecule has 2 rings (SSSR count). The summed E-state index contributed by atoms with van der Waals surface area (Å²) in [7, 11) is 0. The molecule has 92 valence electrons. The number of carboxylic acid groups (broad SMARTS) is 1. The molecule has 0 heterocycles. The number of aromatic carboxylic acids is 1. The summed E-state index contributed by atoms with van der Waals surface area (Å²) in [6.45, 7) is 0. The van der Waals surface area contributed by atoms with Crippen molar-refractivity contribution in [2.45, 2.75) is 38.2 Å². The van der Waals surface area contributed by atoms with Crippen molar-refractivity contribution in [2.75, 3.05) is 0 Å². The standard InChI is InChI=1S/C13H15ClO3/c14-9-6-7-12(11(8-9)13(15)16)17-10-4-2-1-3-5-10/h6-8,10H,1-5H2,(H,15,16). The summed E-state index contributed by atoms with van der Waals surface area (Å²) in [4.78, 5) is 11.1. The van der Waals surface area contributed by atoms with Gasteiger partial charge in [0.15, 0.2) is 0 Å². The van der Waals surface area contributed by atoms with Gasteiger partial charge in [-0.2, -0.15) is 0 Å². The van der Waals surface area contributed by atoms with Crippen LogP contribution in [0.25, 0.3) is 0 Å². The Morgan fingerprint density at radius 1 is 1.29 bits per heavy atom. The molecule has 3 nitrogen and oxygen atoms in total. The fraction of sp³-hybridized carbons (Fsp3) is 0.462. The molecule has 1 aromatic rings. The Kier molecular flexibility index (Phi) is 3.89. The van der Waals surface area contributed by atoms with Gasteiger partial charge in [-0.05, 0) is 43.9 Å². The molecule has 0 aromatic heterocycles. The van der Waals surface area contributed by atoms with Crippen molar-refractivity contribution >= 4 is 17.6 Å². The van der Waals surface area contributed by atoms with E-state index in [-0.39, 0.29) is 11.7 Å². The summed E-state index contributed by atoms with van der Waals surface area (Å²) in [5.74, 6) is -0.577. The van der Waals surface area contributed by atoms with E-state index < -0.39 is 5.97 Å². The number of halogens is 1. The van der Waals surface area contributed by atoms with Gasteiger partial charge in [-0.1, -0.05) is 18.0 Å². The largest absolute Gasteiger partial charge is 0.490 e. The van der Waals surface area contributed by atoms with Crippen LogP contribution >= 0.6 is 11.6 Å². The van der Waals surface area contributed by atoms with E-state index in [1.165, 1.54) is 12.5 Å². The highest BCUT2D eigenvalue weighted by molar-refractivity contribution is 6.31. The number of carboxylic acids is 1. The van der Waals surface area contributed by atoms with E-state index in [9.17, 15) is 4.79 Å². The highest BCUT2D eigenvalue weighted by Crippen LogP contribution is 2.28. The molecule has 0 radical (unpaired) electrons. The van der Waals surface area contributed by atoms with Gasteiger partial charge in [0.05, 0.1) is 6.10 Å². The fourth-order valence-corrected chi connectivity index (χ4v) is 2.31. The first-order valence-corrected chi connectivity index (χ1v) is 6.24. The first-order valence-electron chi connectivity index (χ1n) is 5.86. The maximum absolute atomic E-state index is 11.1. The van der Waals surface area contributed by atoms with Gasteiger partial charge < -0.3 is 9.84 Å². The molecule has 0 aliphatic heterocycles. The Hall–Kier alpha value is -1.22. The van der Waals surface area contributed by atoms with Gasteiger partial charge in [0.1, 0.15) is 11.3 Å². The average Bonchev–Trinajstić information content (AvgIpc) is 2.32. The molecule has 0 bridgehead atoms. The summed E-state index contributed by atoms with van der Waals surface area (Å²) in [5.41, 5.74) is 0.142. The monoisotopic (exact) mass is 254 g/mol. The summed E-state index contributed by atoms with van der Waals surface area (Å²) in [5, 5.41) is 9.50.